The van der Waals surface area contributed by atoms with E-state index in [1.54, 1.807) is 0 Å². The maximum Gasteiger partial charge on any atom is 0.528 e. The van der Waals surface area contributed by atoms with Gasteiger partial charge in [-0.3, -0.25) is 0 Å². The summed E-state index contributed by atoms with van der Waals surface area (Å²) in [6, 6.07) is 4.90. The van der Waals surface area contributed by atoms with Crippen LogP contribution in [0.25, 0.3) is 0 Å². The molecule has 1 rings (SSSR count). The van der Waals surface area contributed by atoms with Crippen LogP contribution in [0.2, 0.25) is 0 Å². The van der Waals surface area contributed by atoms with Crippen molar-refractivity contribution in [3.63, 3.8) is 0 Å². The first kappa shape index (κ1) is 15.4. The zero-order valence-corrected chi connectivity index (χ0v) is 11.6. The number of hydrogen-bond acceptors (Lipinski definition) is 7. The summed E-state index contributed by atoms with van der Waals surface area (Å²) in [7, 11) is -7.10. The molecule has 1 N–H and O–H groups in total. The third-order valence-corrected chi connectivity index (χ3v) is 4.46. The maximum atomic E-state index is 11.8. The molecule has 0 aliphatic rings. The van der Waals surface area contributed by atoms with Gasteiger partial charge < -0.3 is 9.57 Å². The zero-order chi connectivity index (χ0) is 14.7. The van der Waals surface area contributed by atoms with E-state index in [0.717, 1.165) is 25.5 Å². The van der Waals surface area contributed by atoms with Gasteiger partial charge >= 0.3 is 6.16 Å². The summed E-state index contributed by atoms with van der Waals surface area (Å²) in [6.07, 6.45) is -0.414. The summed E-state index contributed by atoms with van der Waals surface area (Å²) >= 11 is 0. The highest BCUT2D eigenvalue weighted by atomic mass is 32.2. The van der Waals surface area contributed by atoms with Crippen molar-refractivity contribution in [3.05, 3.63) is 24.3 Å². The first-order valence-electron chi connectivity index (χ1n) is 4.74. The Kier molecular flexibility index (Phi) is 4.50. The molecule has 0 spiro atoms. The Bertz CT molecular complexity index is 678. The number of carbonyl (C=O) groups is 1. The molecule has 0 atom stereocenters. The van der Waals surface area contributed by atoms with Crippen LogP contribution < -0.4 is 4.89 Å². The van der Waals surface area contributed by atoms with Crippen molar-refractivity contribution in [1.82, 2.24) is 4.89 Å². The average molecular weight is 309 g/mol. The topological polar surface area (TPSA) is 116 Å². The number of carbonyl (C=O) groups excluding carboxylic acids is 1. The number of rotatable bonds is 4. The minimum Gasteiger partial charge on any atom is -0.436 e. The molecule has 1 aromatic carbocycles. The maximum absolute atomic E-state index is 11.8. The molecule has 0 saturated heterocycles. The molecular formula is C9H11NO7S2. The van der Waals surface area contributed by atoms with Crippen molar-refractivity contribution in [1.29, 1.82) is 0 Å². The molecule has 8 nitrogen and oxygen atoms in total. The fourth-order valence-electron chi connectivity index (χ4n) is 1.15. The zero-order valence-electron chi connectivity index (χ0n) is 9.98. The number of nitrogens with one attached hydrogen (secondary N) is 1. The summed E-state index contributed by atoms with van der Waals surface area (Å²) < 4.78 is 50.6. The molecule has 0 radical (unpaired) electrons. The lowest BCUT2D eigenvalue weighted by atomic mass is 10.4. The lowest BCUT2D eigenvalue weighted by Crippen LogP contribution is -2.28. The van der Waals surface area contributed by atoms with Crippen LogP contribution >= 0.6 is 0 Å². The highest BCUT2D eigenvalue weighted by molar-refractivity contribution is 7.93. The largest absolute Gasteiger partial charge is 0.528 e. The number of methoxy groups -OCH3 is 1. The fourth-order valence-corrected chi connectivity index (χ4v) is 3.55. The molecule has 0 fully saturated rings. The molecule has 19 heavy (non-hydrogen) atoms. The molecule has 0 heterocycles. The number of sulfone groups is 1. The SMILES string of the molecule is COC(=O)ONS(=O)(=O)c1ccccc1S(C)(=O)=O. The molecule has 1 aromatic rings. The van der Waals surface area contributed by atoms with Gasteiger partial charge in [-0.25, -0.2) is 21.6 Å². The summed E-state index contributed by atoms with van der Waals surface area (Å²) in [4.78, 5) is 15.3. The third kappa shape index (κ3) is 3.91. The second-order valence-corrected chi connectivity index (χ2v) is 6.96. The predicted molar refractivity (Wildman–Crippen MR) is 63.4 cm³/mol. The Labute approximate surface area is 110 Å². The highest BCUT2D eigenvalue weighted by Gasteiger charge is 2.24. The fraction of sp³-hybridized carbons (Fsp3) is 0.222. The molecule has 0 unspecified atom stereocenters. The third-order valence-electron chi connectivity index (χ3n) is 1.94. The van der Waals surface area contributed by atoms with Gasteiger partial charge in [-0.1, -0.05) is 12.1 Å². The van der Waals surface area contributed by atoms with Gasteiger partial charge in [0.15, 0.2) is 9.84 Å². The number of sulfonamides is 1. The minimum absolute atomic E-state index is 0.407. The molecular weight excluding hydrogens is 298 g/mol. The van der Waals surface area contributed by atoms with Gasteiger partial charge in [0.1, 0.15) is 4.90 Å². The van der Waals surface area contributed by atoms with Crippen molar-refractivity contribution < 1.29 is 31.2 Å². The number of ether oxygens (including phenoxy) is 1. The average Bonchev–Trinajstić information content (AvgIpc) is 2.35. The van der Waals surface area contributed by atoms with Crippen LogP contribution in [0.5, 0.6) is 0 Å². The van der Waals surface area contributed by atoms with Gasteiger partial charge in [-0.05, 0) is 17.0 Å². The van der Waals surface area contributed by atoms with Gasteiger partial charge in [0.05, 0.1) is 12.0 Å². The Morgan fingerprint density at radius 3 is 2.11 bits per heavy atom. The van der Waals surface area contributed by atoms with Crippen molar-refractivity contribution >= 4 is 26.0 Å². The van der Waals surface area contributed by atoms with Gasteiger partial charge in [-0.15, -0.1) is 0 Å². The summed E-state index contributed by atoms with van der Waals surface area (Å²) in [6.45, 7) is 0. The molecule has 10 heteroatoms. The van der Waals surface area contributed by atoms with Crippen LogP contribution in [0.15, 0.2) is 34.1 Å². The van der Waals surface area contributed by atoms with Crippen LogP contribution in [0, 0.1) is 0 Å². The standard InChI is InChI=1S/C9H11NO7S2/c1-16-9(11)17-10-19(14,15)8-6-4-3-5-7(8)18(2,12)13/h3-6,10H,1-2H3. The van der Waals surface area contributed by atoms with Gasteiger partial charge in [0.2, 0.25) is 0 Å². The van der Waals surface area contributed by atoms with E-state index >= 15 is 0 Å². The van der Waals surface area contributed by atoms with Crippen LogP contribution in [-0.4, -0.2) is 36.4 Å². The van der Waals surface area contributed by atoms with E-state index in [1.807, 2.05) is 0 Å². The Morgan fingerprint density at radius 1 is 1.11 bits per heavy atom. The van der Waals surface area contributed by atoms with E-state index in [1.165, 1.54) is 17.0 Å². The molecule has 0 saturated carbocycles. The van der Waals surface area contributed by atoms with Crippen molar-refractivity contribution in [2.24, 2.45) is 0 Å². The van der Waals surface area contributed by atoms with E-state index < -0.39 is 35.8 Å². The summed E-state index contributed by atoms with van der Waals surface area (Å²) in [5.41, 5.74) is 0. The van der Waals surface area contributed by atoms with E-state index in [-0.39, 0.29) is 0 Å². The van der Waals surface area contributed by atoms with Crippen molar-refractivity contribution in [3.8, 4) is 0 Å². The Hall–Kier alpha value is -1.65. The normalized spacial score (nSPS) is 11.9. The summed E-state index contributed by atoms with van der Waals surface area (Å²) in [5.74, 6) is 0. The van der Waals surface area contributed by atoms with Crippen LogP contribution in [0.4, 0.5) is 4.79 Å². The van der Waals surface area contributed by atoms with Crippen molar-refractivity contribution in [2.75, 3.05) is 13.4 Å². The highest BCUT2D eigenvalue weighted by Crippen LogP contribution is 2.20. The summed E-state index contributed by atoms with van der Waals surface area (Å²) in [5, 5.41) is 0. The van der Waals surface area contributed by atoms with E-state index in [0.29, 0.717) is 0 Å². The van der Waals surface area contributed by atoms with Crippen molar-refractivity contribution in [2.45, 2.75) is 9.79 Å². The second kappa shape index (κ2) is 5.55. The lowest BCUT2D eigenvalue weighted by Gasteiger charge is -2.09. The molecule has 0 amide bonds. The first-order valence-corrected chi connectivity index (χ1v) is 8.11. The Morgan fingerprint density at radius 2 is 1.63 bits per heavy atom. The van der Waals surface area contributed by atoms with Crippen LogP contribution in [0.1, 0.15) is 0 Å². The quantitative estimate of drug-likeness (QED) is 0.617. The monoisotopic (exact) mass is 309 g/mol. The molecule has 0 bridgehead atoms. The van der Waals surface area contributed by atoms with Crippen LogP contribution in [-0.2, 0) is 29.4 Å². The lowest BCUT2D eigenvalue weighted by molar-refractivity contribution is 0.0551. The van der Waals surface area contributed by atoms with Gasteiger partial charge in [0.25, 0.3) is 10.0 Å². The smallest absolute Gasteiger partial charge is 0.436 e. The number of hydrogen-bond donors (Lipinski definition) is 1. The van der Waals surface area contributed by atoms with Crippen LogP contribution in [0.3, 0.4) is 0 Å². The first-order chi connectivity index (χ1) is 8.68. The van der Waals surface area contributed by atoms with E-state index in [4.69, 9.17) is 0 Å². The predicted octanol–water partition coefficient (Wildman–Crippen LogP) is 0.0664. The van der Waals surface area contributed by atoms with Gasteiger partial charge in [0, 0.05) is 6.26 Å². The van der Waals surface area contributed by atoms with E-state index in [2.05, 4.69) is 9.57 Å². The Balaban J connectivity index is 3.20. The molecule has 0 aliphatic carbocycles. The minimum atomic E-state index is -4.33. The second-order valence-electron chi connectivity index (χ2n) is 3.36. The van der Waals surface area contributed by atoms with E-state index in [9.17, 15) is 21.6 Å². The molecule has 0 aliphatic heterocycles. The number of benzene rings is 1. The molecule has 106 valence electrons. The van der Waals surface area contributed by atoms with Gasteiger partial charge in [-0.2, -0.15) is 0 Å². The molecule has 0 aromatic heterocycles.